The SMILES string of the molecule is O=c1[nH]c(=O)c2cc(F)cc(I)c2[nH]1. The lowest BCUT2D eigenvalue weighted by atomic mass is 10.2. The first-order valence-corrected chi connectivity index (χ1v) is 4.77. The molecule has 4 nitrogen and oxygen atoms in total. The minimum absolute atomic E-state index is 0.147. The van der Waals surface area contributed by atoms with Gasteiger partial charge in [0.05, 0.1) is 10.9 Å². The van der Waals surface area contributed by atoms with Gasteiger partial charge in [0.1, 0.15) is 5.82 Å². The van der Waals surface area contributed by atoms with Crippen molar-refractivity contribution in [1.82, 2.24) is 9.97 Å². The van der Waals surface area contributed by atoms with Crippen molar-refractivity contribution in [3.8, 4) is 0 Å². The topological polar surface area (TPSA) is 65.7 Å². The lowest BCUT2D eigenvalue weighted by Gasteiger charge is -1.98. The molecule has 72 valence electrons. The van der Waals surface area contributed by atoms with Crippen LogP contribution in [-0.4, -0.2) is 9.97 Å². The molecule has 0 fully saturated rings. The second-order valence-electron chi connectivity index (χ2n) is 2.72. The fourth-order valence-electron chi connectivity index (χ4n) is 1.19. The smallest absolute Gasteiger partial charge is 0.306 e. The molecule has 1 aromatic carbocycles. The molecule has 1 heterocycles. The van der Waals surface area contributed by atoms with E-state index in [1.807, 2.05) is 27.6 Å². The van der Waals surface area contributed by atoms with Crippen LogP contribution in [0.25, 0.3) is 10.9 Å². The summed E-state index contributed by atoms with van der Waals surface area (Å²) in [6, 6.07) is 2.34. The molecule has 0 bridgehead atoms. The molecule has 0 aliphatic carbocycles. The van der Waals surface area contributed by atoms with Crippen LogP contribution in [0.2, 0.25) is 0 Å². The number of aromatic amines is 2. The van der Waals surface area contributed by atoms with Gasteiger partial charge in [0.25, 0.3) is 5.56 Å². The molecule has 0 spiro atoms. The zero-order valence-corrected chi connectivity index (χ0v) is 8.88. The van der Waals surface area contributed by atoms with E-state index in [0.29, 0.717) is 9.09 Å². The summed E-state index contributed by atoms with van der Waals surface area (Å²) in [6.45, 7) is 0. The first-order valence-electron chi connectivity index (χ1n) is 3.69. The zero-order chi connectivity index (χ0) is 10.3. The van der Waals surface area contributed by atoms with E-state index in [9.17, 15) is 14.0 Å². The predicted octanol–water partition coefficient (Wildman–Crippen LogP) is 0.960. The number of halogens is 2. The van der Waals surface area contributed by atoms with Crippen LogP contribution in [0.5, 0.6) is 0 Å². The third kappa shape index (κ3) is 1.45. The zero-order valence-electron chi connectivity index (χ0n) is 6.73. The Morgan fingerprint density at radius 3 is 2.64 bits per heavy atom. The van der Waals surface area contributed by atoms with Crippen molar-refractivity contribution >= 4 is 33.5 Å². The number of H-pyrrole nitrogens is 2. The Kier molecular flexibility index (Phi) is 2.14. The molecule has 2 rings (SSSR count). The summed E-state index contributed by atoms with van der Waals surface area (Å²) in [5.41, 5.74) is -0.811. The Morgan fingerprint density at radius 1 is 1.21 bits per heavy atom. The molecule has 2 N–H and O–H groups in total. The van der Waals surface area contributed by atoms with Crippen LogP contribution < -0.4 is 11.2 Å². The van der Waals surface area contributed by atoms with Crippen LogP contribution in [-0.2, 0) is 0 Å². The Balaban J connectivity index is 3.10. The molecule has 14 heavy (non-hydrogen) atoms. The fraction of sp³-hybridized carbons (Fsp3) is 0. The predicted molar refractivity (Wildman–Crippen MR) is 57.9 cm³/mol. The van der Waals surface area contributed by atoms with E-state index in [0.717, 1.165) is 6.07 Å². The first kappa shape index (κ1) is 9.38. The molecule has 0 saturated heterocycles. The molecule has 0 saturated carbocycles. The normalized spacial score (nSPS) is 10.7. The van der Waals surface area contributed by atoms with E-state index in [1.54, 1.807) is 0 Å². The Morgan fingerprint density at radius 2 is 1.93 bits per heavy atom. The van der Waals surface area contributed by atoms with E-state index in [2.05, 4.69) is 4.98 Å². The molecule has 0 unspecified atom stereocenters. The molecule has 2 aromatic rings. The van der Waals surface area contributed by atoms with Crippen LogP contribution >= 0.6 is 22.6 Å². The van der Waals surface area contributed by atoms with Crippen molar-refractivity contribution in [1.29, 1.82) is 0 Å². The number of hydrogen-bond donors (Lipinski definition) is 2. The second kappa shape index (κ2) is 3.19. The minimum atomic E-state index is -0.591. The van der Waals surface area contributed by atoms with E-state index in [4.69, 9.17) is 0 Å². The third-order valence-electron chi connectivity index (χ3n) is 1.77. The Hall–Kier alpha value is -1.18. The Bertz CT molecular complexity index is 617. The molecule has 0 aliphatic heterocycles. The highest BCUT2D eigenvalue weighted by Gasteiger charge is 2.06. The number of benzene rings is 1. The maximum atomic E-state index is 12.9. The fourth-order valence-corrected chi connectivity index (χ4v) is 1.92. The van der Waals surface area contributed by atoms with Gasteiger partial charge in [-0.05, 0) is 34.7 Å². The van der Waals surface area contributed by atoms with Gasteiger partial charge in [-0.3, -0.25) is 9.78 Å². The first-order chi connectivity index (χ1) is 6.58. The summed E-state index contributed by atoms with van der Waals surface area (Å²) < 4.78 is 13.4. The molecule has 6 heteroatoms. The van der Waals surface area contributed by atoms with Crippen LogP contribution in [0.3, 0.4) is 0 Å². The van der Waals surface area contributed by atoms with Gasteiger partial charge in [-0.1, -0.05) is 0 Å². The lowest BCUT2D eigenvalue weighted by Crippen LogP contribution is -2.22. The molecule has 0 aliphatic rings. The summed E-state index contributed by atoms with van der Waals surface area (Å²) in [4.78, 5) is 26.7. The van der Waals surface area contributed by atoms with Gasteiger partial charge in [-0.15, -0.1) is 0 Å². The summed E-state index contributed by atoms with van der Waals surface area (Å²) in [6.07, 6.45) is 0. The van der Waals surface area contributed by atoms with Gasteiger partial charge in [-0.2, -0.15) is 0 Å². The monoisotopic (exact) mass is 306 g/mol. The summed E-state index contributed by atoms with van der Waals surface area (Å²) in [5, 5.41) is 0.147. The number of rotatable bonds is 0. The minimum Gasteiger partial charge on any atom is -0.306 e. The van der Waals surface area contributed by atoms with Gasteiger partial charge in [-0.25, -0.2) is 9.18 Å². The van der Waals surface area contributed by atoms with Crippen molar-refractivity contribution < 1.29 is 4.39 Å². The number of nitrogens with one attached hydrogen (secondary N) is 2. The highest BCUT2D eigenvalue weighted by molar-refractivity contribution is 14.1. The number of hydrogen-bond acceptors (Lipinski definition) is 2. The number of fused-ring (bicyclic) bond motifs is 1. The van der Waals surface area contributed by atoms with E-state index >= 15 is 0 Å². The Labute approximate surface area is 90.3 Å². The van der Waals surface area contributed by atoms with Crippen molar-refractivity contribution in [3.05, 3.63) is 42.4 Å². The summed E-state index contributed by atoms with van der Waals surface area (Å²) >= 11 is 1.85. The molecule has 1 aromatic heterocycles. The molecule has 0 atom stereocenters. The van der Waals surface area contributed by atoms with Gasteiger partial charge >= 0.3 is 5.69 Å². The summed E-state index contributed by atoms with van der Waals surface area (Å²) in [7, 11) is 0. The van der Waals surface area contributed by atoms with Gasteiger partial charge in [0.2, 0.25) is 0 Å². The van der Waals surface area contributed by atoms with Gasteiger partial charge in [0, 0.05) is 3.57 Å². The van der Waals surface area contributed by atoms with Crippen LogP contribution in [0.4, 0.5) is 4.39 Å². The summed E-state index contributed by atoms with van der Waals surface area (Å²) in [5.74, 6) is -0.501. The standard InChI is InChI=1S/C8H4FIN2O2/c9-3-1-4-6(5(10)2-3)11-8(14)12-7(4)13/h1-2H,(H2,11,12,13,14). The van der Waals surface area contributed by atoms with Crippen molar-refractivity contribution in [3.63, 3.8) is 0 Å². The van der Waals surface area contributed by atoms with Crippen molar-refractivity contribution in [2.24, 2.45) is 0 Å². The molecule has 0 amide bonds. The second-order valence-corrected chi connectivity index (χ2v) is 3.88. The van der Waals surface area contributed by atoms with Crippen LogP contribution in [0.1, 0.15) is 0 Å². The largest absolute Gasteiger partial charge is 0.326 e. The molecule has 0 radical (unpaired) electrons. The lowest BCUT2D eigenvalue weighted by molar-refractivity contribution is 0.628. The van der Waals surface area contributed by atoms with E-state index in [1.165, 1.54) is 6.07 Å². The van der Waals surface area contributed by atoms with Crippen LogP contribution in [0, 0.1) is 9.39 Å². The number of aromatic nitrogens is 2. The van der Waals surface area contributed by atoms with E-state index < -0.39 is 17.1 Å². The highest BCUT2D eigenvalue weighted by atomic mass is 127. The van der Waals surface area contributed by atoms with E-state index in [-0.39, 0.29) is 5.39 Å². The maximum absolute atomic E-state index is 12.9. The molecular formula is C8H4FIN2O2. The van der Waals surface area contributed by atoms with Gasteiger partial charge in [0.15, 0.2) is 0 Å². The molecular weight excluding hydrogens is 302 g/mol. The van der Waals surface area contributed by atoms with Crippen molar-refractivity contribution in [2.75, 3.05) is 0 Å². The maximum Gasteiger partial charge on any atom is 0.326 e. The highest BCUT2D eigenvalue weighted by Crippen LogP contribution is 2.16. The third-order valence-corrected chi connectivity index (χ3v) is 2.62. The van der Waals surface area contributed by atoms with Gasteiger partial charge < -0.3 is 4.98 Å². The quantitative estimate of drug-likeness (QED) is 0.712. The average molecular weight is 306 g/mol. The van der Waals surface area contributed by atoms with Crippen molar-refractivity contribution in [2.45, 2.75) is 0 Å². The van der Waals surface area contributed by atoms with Crippen LogP contribution in [0.15, 0.2) is 21.7 Å². The average Bonchev–Trinajstić information content (AvgIpc) is 2.07.